The fraction of sp³-hybridized carbons (Fsp3) is 0.226. The van der Waals surface area contributed by atoms with Crippen LogP contribution in [0.3, 0.4) is 0 Å². The summed E-state index contributed by atoms with van der Waals surface area (Å²) in [5.74, 6) is 0.853. The van der Waals surface area contributed by atoms with E-state index in [1.165, 1.54) is 24.8 Å². The summed E-state index contributed by atoms with van der Waals surface area (Å²) in [5.41, 5.74) is 15.6. The van der Waals surface area contributed by atoms with Crippen molar-refractivity contribution >= 4 is 28.1 Å². The van der Waals surface area contributed by atoms with E-state index in [-0.39, 0.29) is 0 Å². The molecule has 0 unspecified atom stereocenters. The van der Waals surface area contributed by atoms with Crippen LogP contribution in [-0.4, -0.2) is 38.0 Å². The third-order valence-corrected chi connectivity index (χ3v) is 7.12. The number of imidazole rings is 1. The molecule has 4 aromatic heterocycles. The number of fused-ring (bicyclic) bond motifs is 1. The minimum Gasteiger partial charge on any atom is -0.397 e. The number of rotatable bonds is 8. The Kier molecular flexibility index (Phi) is 6.91. The summed E-state index contributed by atoms with van der Waals surface area (Å²) in [7, 11) is 0. The minimum absolute atomic E-state index is 0.564. The molecule has 0 atom stereocenters. The molecule has 39 heavy (non-hydrogen) atoms. The van der Waals surface area contributed by atoms with Gasteiger partial charge in [-0.2, -0.15) is 0 Å². The van der Waals surface area contributed by atoms with Crippen LogP contribution in [0.15, 0.2) is 85.7 Å². The number of aromatic amines is 1. The van der Waals surface area contributed by atoms with Gasteiger partial charge in [-0.3, -0.25) is 15.0 Å². The summed E-state index contributed by atoms with van der Waals surface area (Å²) in [5, 5.41) is 3.38. The molecule has 1 aliphatic rings. The molecule has 8 nitrogen and oxygen atoms in total. The zero-order chi connectivity index (χ0) is 26.6. The number of hydrogen-bond acceptors (Lipinski definition) is 7. The largest absolute Gasteiger partial charge is 0.397 e. The fourth-order valence-corrected chi connectivity index (χ4v) is 5.16. The lowest BCUT2D eigenvalue weighted by Gasteiger charge is -2.28. The van der Waals surface area contributed by atoms with Gasteiger partial charge in [0.15, 0.2) is 0 Å². The maximum absolute atomic E-state index is 6.36. The maximum Gasteiger partial charge on any atom is 0.115 e. The number of hydrogen-bond donors (Lipinski definition) is 3. The predicted molar refractivity (Wildman–Crippen MR) is 158 cm³/mol. The van der Waals surface area contributed by atoms with E-state index in [9.17, 15) is 0 Å². The molecule has 0 amide bonds. The lowest BCUT2D eigenvalue weighted by Crippen LogP contribution is -2.29. The molecule has 0 saturated carbocycles. The van der Waals surface area contributed by atoms with Crippen molar-refractivity contribution < 1.29 is 0 Å². The van der Waals surface area contributed by atoms with Gasteiger partial charge in [-0.1, -0.05) is 36.9 Å². The van der Waals surface area contributed by atoms with Crippen LogP contribution in [0, 0.1) is 0 Å². The van der Waals surface area contributed by atoms with Crippen LogP contribution in [0.2, 0.25) is 0 Å². The van der Waals surface area contributed by atoms with E-state index in [0.29, 0.717) is 12.1 Å². The second kappa shape index (κ2) is 10.9. The molecule has 196 valence electrons. The molecule has 1 aromatic carbocycles. The highest BCUT2D eigenvalue weighted by Gasteiger charge is 2.17. The van der Waals surface area contributed by atoms with Crippen LogP contribution in [0.5, 0.6) is 0 Å². The van der Waals surface area contributed by atoms with Crippen molar-refractivity contribution in [1.29, 1.82) is 0 Å². The molecular weight excluding hydrogens is 484 g/mol. The number of H-pyrrole nitrogens is 1. The fourth-order valence-electron chi connectivity index (χ4n) is 5.16. The predicted octanol–water partition coefficient (Wildman–Crippen LogP) is 5.75. The first-order valence-electron chi connectivity index (χ1n) is 13.4. The van der Waals surface area contributed by atoms with Crippen LogP contribution in [-0.2, 0) is 12.8 Å². The summed E-state index contributed by atoms with van der Waals surface area (Å²) < 4.78 is 0. The normalized spacial score (nSPS) is 13.5. The van der Waals surface area contributed by atoms with Crippen LogP contribution < -0.4 is 16.0 Å². The number of allylic oxidation sites excluding steroid dienone is 1. The van der Waals surface area contributed by atoms with Gasteiger partial charge in [-0.15, -0.1) is 0 Å². The minimum atomic E-state index is 0.564. The molecule has 4 N–H and O–H groups in total. The Morgan fingerprint density at radius 3 is 2.64 bits per heavy atom. The Bertz CT molecular complexity index is 1600. The van der Waals surface area contributed by atoms with Crippen molar-refractivity contribution in [2.45, 2.75) is 32.1 Å². The summed E-state index contributed by atoms with van der Waals surface area (Å²) in [6.45, 7) is 6.28. The van der Waals surface area contributed by atoms with Crippen molar-refractivity contribution in [3.05, 3.63) is 103 Å². The number of nitrogens with two attached hydrogens (primary N) is 1. The Labute approximate surface area is 228 Å². The molecular formula is C31H32N8. The van der Waals surface area contributed by atoms with Gasteiger partial charge >= 0.3 is 0 Å². The average molecular weight is 517 g/mol. The van der Waals surface area contributed by atoms with Crippen molar-refractivity contribution in [3.8, 4) is 11.3 Å². The third-order valence-electron chi connectivity index (χ3n) is 7.12. The van der Waals surface area contributed by atoms with Gasteiger partial charge in [0.05, 0.1) is 53.1 Å². The zero-order valence-electron chi connectivity index (χ0n) is 21.9. The number of benzene rings is 1. The van der Waals surface area contributed by atoms with Crippen LogP contribution in [0.4, 0.5) is 17.1 Å². The summed E-state index contributed by atoms with van der Waals surface area (Å²) in [6, 6.07) is 14.3. The van der Waals surface area contributed by atoms with Gasteiger partial charge in [-0.05, 0) is 42.5 Å². The SMILES string of the molecule is C=C(Cc1ccccc1)Nc1cncc(-c2cc(Cc3nc4c(N5CCCCC5)cncc4[nH]3)c(N)cn2)c1. The first-order valence-corrected chi connectivity index (χ1v) is 13.4. The summed E-state index contributed by atoms with van der Waals surface area (Å²) in [6.07, 6.45) is 14.1. The number of pyridine rings is 3. The Hall–Kier alpha value is -4.72. The second-order valence-corrected chi connectivity index (χ2v) is 10.1. The van der Waals surface area contributed by atoms with E-state index in [1.54, 1.807) is 12.4 Å². The molecule has 5 aromatic rings. The molecule has 8 heteroatoms. The maximum atomic E-state index is 6.36. The molecule has 1 saturated heterocycles. The first kappa shape index (κ1) is 24.6. The highest BCUT2D eigenvalue weighted by molar-refractivity contribution is 5.88. The number of aromatic nitrogens is 5. The van der Waals surface area contributed by atoms with Gasteiger partial charge < -0.3 is 20.9 Å². The standard InChI is InChI=1S/C31H32N8/c1-21(12-22-8-4-2-5-9-22)36-25-13-24(16-33-17-25)27-14-23(26(32)18-35-27)15-30-37-28-19-34-20-29(31(28)38-30)39-10-6-3-7-11-39/h2,4-5,8-9,13-14,16-20,36H,1,3,6-7,10-12,15,32H2,(H,37,38). The molecule has 0 bridgehead atoms. The first-order chi connectivity index (χ1) is 19.1. The zero-order valence-corrected chi connectivity index (χ0v) is 21.9. The molecule has 1 fully saturated rings. The molecule has 0 radical (unpaired) electrons. The van der Waals surface area contributed by atoms with E-state index < -0.39 is 0 Å². The lowest BCUT2D eigenvalue weighted by molar-refractivity contribution is 0.578. The smallest absolute Gasteiger partial charge is 0.115 e. The second-order valence-electron chi connectivity index (χ2n) is 10.1. The Morgan fingerprint density at radius 2 is 1.79 bits per heavy atom. The number of anilines is 3. The van der Waals surface area contributed by atoms with E-state index >= 15 is 0 Å². The molecule has 5 heterocycles. The average Bonchev–Trinajstić information content (AvgIpc) is 3.38. The van der Waals surface area contributed by atoms with Gasteiger partial charge in [0, 0.05) is 43.4 Å². The van der Waals surface area contributed by atoms with Gasteiger partial charge in [0.25, 0.3) is 0 Å². The van der Waals surface area contributed by atoms with E-state index in [4.69, 9.17) is 10.7 Å². The van der Waals surface area contributed by atoms with E-state index in [0.717, 1.165) is 70.3 Å². The topological polar surface area (TPSA) is 109 Å². The van der Waals surface area contributed by atoms with Crippen molar-refractivity contribution in [2.24, 2.45) is 0 Å². The van der Waals surface area contributed by atoms with E-state index in [2.05, 4.69) is 48.9 Å². The van der Waals surface area contributed by atoms with E-state index in [1.807, 2.05) is 48.9 Å². The van der Waals surface area contributed by atoms with Gasteiger partial charge in [-0.25, -0.2) is 4.98 Å². The Balaban J connectivity index is 1.21. The molecule has 6 rings (SSSR count). The van der Waals surface area contributed by atoms with Crippen molar-refractivity contribution in [2.75, 3.05) is 29.0 Å². The number of nitrogen functional groups attached to an aromatic ring is 1. The summed E-state index contributed by atoms with van der Waals surface area (Å²) >= 11 is 0. The van der Waals surface area contributed by atoms with Crippen molar-refractivity contribution in [3.63, 3.8) is 0 Å². The van der Waals surface area contributed by atoms with Gasteiger partial charge in [0.2, 0.25) is 0 Å². The van der Waals surface area contributed by atoms with Crippen LogP contribution in [0.25, 0.3) is 22.3 Å². The number of nitrogens with one attached hydrogen (secondary N) is 2. The Morgan fingerprint density at radius 1 is 0.974 bits per heavy atom. The third kappa shape index (κ3) is 5.60. The lowest BCUT2D eigenvalue weighted by atomic mass is 10.1. The van der Waals surface area contributed by atoms with Crippen LogP contribution in [0.1, 0.15) is 36.2 Å². The highest BCUT2D eigenvalue weighted by atomic mass is 15.2. The van der Waals surface area contributed by atoms with Crippen molar-refractivity contribution in [1.82, 2.24) is 24.9 Å². The highest BCUT2D eigenvalue weighted by Crippen LogP contribution is 2.29. The molecule has 0 aliphatic carbocycles. The summed E-state index contributed by atoms with van der Waals surface area (Å²) in [4.78, 5) is 24.3. The van der Waals surface area contributed by atoms with Gasteiger partial charge in [0.1, 0.15) is 11.3 Å². The molecule has 0 spiro atoms. The quantitative estimate of drug-likeness (QED) is 0.241. The number of piperidine rings is 1. The monoisotopic (exact) mass is 516 g/mol. The molecule has 1 aliphatic heterocycles. The van der Waals surface area contributed by atoms with Crippen LogP contribution >= 0.6 is 0 Å². The number of nitrogens with zero attached hydrogens (tertiary/aromatic N) is 5.